The number of amides is 1. The van der Waals surface area contributed by atoms with Crippen LogP contribution in [0.5, 0.6) is 0 Å². The van der Waals surface area contributed by atoms with E-state index in [9.17, 15) is 9.59 Å². The third-order valence-corrected chi connectivity index (χ3v) is 1.05. The molecule has 0 saturated carbocycles. The molecule has 0 unspecified atom stereocenters. The van der Waals surface area contributed by atoms with Gasteiger partial charge in [-0.15, -0.1) is 0 Å². The first-order valence-electron chi connectivity index (χ1n) is 3.26. The molecule has 4 nitrogen and oxygen atoms in total. The Bertz CT molecular complexity index is 196. The molecule has 62 valence electrons. The summed E-state index contributed by atoms with van der Waals surface area (Å²) in [6.45, 7) is 3.45. The van der Waals surface area contributed by atoms with Crippen LogP contribution in [0.1, 0.15) is 13.8 Å². The van der Waals surface area contributed by atoms with Gasteiger partial charge in [0.1, 0.15) is 5.57 Å². The molecule has 0 aromatic carbocycles. The monoisotopic (exact) mass is 157 g/mol. The number of carbonyl (C=O) groups excluding carboxylic acids is 2. The molecule has 0 aliphatic heterocycles. The molecule has 0 radical (unpaired) electrons. The molecule has 0 fully saturated rings. The fourth-order valence-corrected chi connectivity index (χ4v) is 0.570. The first kappa shape index (κ1) is 9.68. The van der Waals surface area contributed by atoms with Crippen molar-refractivity contribution < 1.29 is 14.3 Å². The van der Waals surface area contributed by atoms with Gasteiger partial charge in [0.25, 0.3) is 5.91 Å². The van der Waals surface area contributed by atoms with E-state index in [4.69, 9.17) is 5.73 Å². The van der Waals surface area contributed by atoms with Crippen molar-refractivity contribution in [1.29, 1.82) is 0 Å². The van der Waals surface area contributed by atoms with E-state index in [1.54, 1.807) is 13.8 Å². The third kappa shape index (κ3) is 2.84. The third-order valence-electron chi connectivity index (χ3n) is 1.05. The van der Waals surface area contributed by atoms with Gasteiger partial charge in [-0.2, -0.15) is 0 Å². The van der Waals surface area contributed by atoms with Gasteiger partial charge in [-0.05, 0) is 13.8 Å². The number of hydrogen-bond donors (Lipinski definition) is 1. The summed E-state index contributed by atoms with van der Waals surface area (Å²) in [5, 5.41) is 0. The number of hydrogen-bond acceptors (Lipinski definition) is 3. The molecule has 0 saturated heterocycles. The van der Waals surface area contributed by atoms with Crippen LogP contribution in [0.2, 0.25) is 0 Å². The van der Waals surface area contributed by atoms with Gasteiger partial charge in [0.05, 0.1) is 6.61 Å². The summed E-state index contributed by atoms with van der Waals surface area (Å²) < 4.78 is 4.55. The highest BCUT2D eigenvalue weighted by Gasteiger charge is 2.14. The SMILES string of the molecule is C/C=C(\C(N)=O)C(=O)OCC. The first-order valence-corrected chi connectivity index (χ1v) is 3.26. The molecule has 0 bridgehead atoms. The number of allylic oxidation sites excluding steroid dienone is 1. The zero-order chi connectivity index (χ0) is 8.85. The molecule has 0 spiro atoms. The van der Waals surface area contributed by atoms with Gasteiger partial charge >= 0.3 is 5.97 Å². The molecule has 2 N–H and O–H groups in total. The molecular weight excluding hydrogens is 146 g/mol. The van der Waals surface area contributed by atoms with Gasteiger partial charge in [-0.1, -0.05) is 6.08 Å². The van der Waals surface area contributed by atoms with E-state index in [1.807, 2.05) is 0 Å². The zero-order valence-electron chi connectivity index (χ0n) is 6.59. The van der Waals surface area contributed by atoms with Gasteiger partial charge in [0.15, 0.2) is 0 Å². The van der Waals surface area contributed by atoms with E-state index in [0.29, 0.717) is 0 Å². The number of primary amides is 1. The fraction of sp³-hybridized carbons (Fsp3) is 0.429. The van der Waals surface area contributed by atoms with Gasteiger partial charge in [0.2, 0.25) is 0 Å². The summed E-state index contributed by atoms with van der Waals surface area (Å²) in [7, 11) is 0. The van der Waals surface area contributed by atoms with Crippen LogP contribution < -0.4 is 5.73 Å². The van der Waals surface area contributed by atoms with E-state index in [1.165, 1.54) is 6.08 Å². The second-order valence-electron chi connectivity index (χ2n) is 1.79. The first-order chi connectivity index (χ1) is 5.13. The number of carbonyl (C=O) groups is 2. The quantitative estimate of drug-likeness (QED) is 0.271. The summed E-state index contributed by atoms with van der Waals surface area (Å²) in [4.78, 5) is 21.3. The van der Waals surface area contributed by atoms with E-state index in [2.05, 4.69) is 4.74 Å². The zero-order valence-corrected chi connectivity index (χ0v) is 6.59. The Hall–Kier alpha value is -1.32. The summed E-state index contributed by atoms with van der Waals surface area (Å²) in [5.74, 6) is -1.42. The molecule has 0 aromatic heterocycles. The summed E-state index contributed by atoms with van der Waals surface area (Å²) in [5.41, 5.74) is 4.77. The number of ether oxygens (including phenoxy) is 1. The van der Waals surface area contributed by atoms with Crippen LogP contribution in [-0.4, -0.2) is 18.5 Å². The van der Waals surface area contributed by atoms with E-state index in [0.717, 1.165) is 0 Å². The lowest BCUT2D eigenvalue weighted by atomic mass is 10.2. The smallest absolute Gasteiger partial charge is 0.343 e. The lowest BCUT2D eigenvalue weighted by molar-refractivity contribution is -0.139. The Morgan fingerprint density at radius 3 is 2.36 bits per heavy atom. The van der Waals surface area contributed by atoms with Crippen molar-refractivity contribution in [2.75, 3.05) is 6.61 Å². The number of rotatable bonds is 3. The Kier molecular flexibility index (Phi) is 3.95. The molecule has 0 aliphatic carbocycles. The highest BCUT2D eigenvalue weighted by Crippen LogP contribution is 1.95. The van der Waals surface area contributed by atoms with E-state index < -0.39 is 11.9 Å². The van der Waals surface area contributed by atoms with Crippen molar-refractivity contribution in [2.24, 2.45) is 5.73 Å². The highest BCUT2D eigenvalue weighted by molar-refractivity contribution is 6.15. The predicted octanol–water partition coefficient (Wildman–Crippen LogP) is -0.0189. The minimum Gasteiger partial charge on any atom is -0.462 e. The minimum atomic E-state index is -0.758. The highest BCUT2D eigenvalue weighted by atomic mass is 16.5. The van der Waals surface area contributed by atoms with Crippen LogP contribution in [0.25, 0.3) is 0 Å². The normalized spacial score (nSPS) is 10.9. The second-order valence-corrected chi connectivity index (χ2v) is 1.79. The van der Waals surface area contributed by atoms with Crippen LogP contribution in [0.3, 0.4) is 0 Å². The molecule has 0 aliphatic rings. The maximum absolute atomic E-state index is 10.8. The van der Waals surface area contributed by atoms with Crippen LogP contribution in [-0.2, 0) is 14.3 Å². The predicted molar refractivity (Wildman–Crippen MR) is 39.6 cm³/mol. The molecule has 0 rings (SSSR count). The molecule has 0 atom stereocenters. The number of esters is 1. The summed E-state index contributed by atoms with van der Waals surface area (Å²) in [6, 6.07) is 0. The second kappa shape index (κ2) is 4.49. The molecule has 0 heterocycles. The van der Waals surface area contributed by atoms with Crippen molar-refractivity contribution in [3.63, 3.8) is 0 Å². The largest absolute Gasteiger partial charge is 0.462 e. The summed E-state index contributed by atoms with van der Waals surface area (Å²) in [6.07, 6.45) is 1.33. The van der Waals surface area contributed by atoms with Crippen molar-refractivity contribution in [2.45, 2.75) is 13.8 Å². The molecule has 1 amide bonds. The molecular formula is C7H11NO3. The van der Waals surface area contributed by atoms with Crippen molar-refractivity contribution in [3.05, 3.63) is 11.6 Å². The van der Waals surface area contributed by atoms with Crippen LogP contribution in [0.15, 0.2) is 11.6 Å². The van der Waals surface area contributed by atoms with Crippen molar-refractivity contribution in [1.82, 2.24) is 0 Å². The Morgan fingerprint density at radius 1 is 1.55 bits per heavy atom. The lowest BCUT2D eigenvalue weighted by Crippen LogP contribution is -2.22. The Labute approximate surface area is 65.0 Å². The van der Waals surface area contributed by atoms with Gasteiger partial charge in [-0.25, -0.2) is 4.79 Å². The Morgan fingerprint density at radius 2 is 2.09 bits per heavy atom. The number of nitrogens with two attached hydrogens (primary N) is 1. The standard InChI is InChI=1S/C7H11NO3/c1-3-5(6(8)9)7(10)11-4-2/h3H,4H2,1-2H3,(H2,8,9)/b5-3+. The van der Waals surface area contributed by atoms with Crippen LogP contribution in [0, 0.1) is 0 Å². The van der Waals surface area contributed by atoms with Crippen molar-refractivity contribution >= 4 is 11.9 Å². The summed E-state index contributed by atoms with van der Waals surface area (Å²) >= 11 is 0. The molecule has 4 heteroatoms. The van der Waals surface area contributed by atoms with E-state index in [-0.39, 0.29) is 12.2 Å². The maximum Gasteiger partial charge on any atom is 0.343 e. The fourth-order valence-electron chi connectivity index (χ4n) is 0.570. The topological polar surface area (TPSA) is 69.4 Å². The lowest BCUT2D eigenvalue weighted by Gasteiger charge is -2.00. The minimum absolute atomic E-state index is 0.105. The van der Waals surface area contributed by atoms with Gasteiger partial charge in [-0.3, -0.25) is 4.79 Å². The Balaban J connectivity index is 4.29. The van der Waals surface area contributed by atoms with Gasteiger partial charge < -0.3 is 10.5 Å². The molecule has 11 heavy (non-hydrogen) atoms. The van der Waals surface area contributed by atoms with E-state index >= 15 is 0 Å². The van der Waals surface area contributed by atoms with Crippen LogP contribution in [0.4, 0.5) is 0 Å². The van der Waals surface area contributed by atoms with Crippen molar-refractivity contribution in [3.8, 4) is 0 Å². The van der Waals surface area contributed by atoms with Gasteiger partial charge in [0, 0.05) is 0 Å². The molecule has 0 aromatic rings. The maximum atomic E-state index is 10.8. The average molecular weight is 157 g/mol. The average Bonchev–Trinajstić information content (AvgIpc) is 1.88. The van der Waals surface area contributed by atoms with Crippen LogP contribution >= 0.6 is 0 Å².